The van der Waals surface area contributed by atoms with Crippen LogP contribution in [0.5, 0.6) is 0 Å². The van der Waals surface area contributed by atoms with Gasteiger partial charge in [0.1, 0.15) is 5.82 Å². The maximum atomic E-state index is 12.2. The van der Waals surface area contributed by atoms with Gasteiger partial charge in [-0.1, -0.05) is 0 Å². The number of carbonyl (C=O) groups is 1. The normalized spacial score (nSPS) is 15.4. The lowest BCUT2D eigenvalue weighted by atomic mass is 10.1. The zero-order valence-electron chi connectivity index (χ0n) is 17.2. The number of aromatic nitrogens is 2. The molecule has 0 fully saturated rings. The van der Waals surface area contributed by atoms with Crippen molar-refractivity contribution in [1.82, 2.24) is 19.4 Å². The Morgan fingerprint density at radius 1 is 1.17 bits per heavy atom. The molecule has 0 spiro atoms. The number of imidazole rings is 1. The molecule has 0 aliphatic carbocycles. The van der Waals surface area contributed by atoms with Crippen LogP contribution in [-0.4, -0.2) is 59.6 Å². The lowest BCUT2D eigenvalue weighted by Crippen LogP contribution is -2.36. The number of carbonyl (C=O) groups excluding carboxylic acids is 1. The molecule has 1 aliphatic rings. The summed E-state index contributed by atoms with van der Waals surface area (Å²) in [6.07, 6.45) is 8.77. The van der Waals surface area contributed by atoms with Gasteiger partial charge in [0.2, 0.25) is 10.0 Å². The van der Waals surface area contributed by atoms with Crippen LogP contribution in [0.4, 0.5) is 5.69 Å². The zero-order valence-corrected chi connectivity index (χ0v) is 18.9. The van der Waals surface area contributed by atoms with E-state index in [1.165, 1.54) is 0 Å². The van der Waals surface area contributed by atoms with E-state index in [2.05, 4.69) is 9.71 Å². The summed E-state index contributed by atoms with van der Waals surface area (Å²) < 4.78 is 26.6. The molecule has 1 atom stereocenters. The highest BCUT2D eigenvalue weighted by Gasteiger charge is 2.21. The first-order valence-electron chi connectivity index (χ1n) is 8.78. The van der Waals surface area contributed by atoms with Crippen molar-refractivity contribution in [3.63, 3.8) is 0 Å². The Labute approximate surface area is 178 Å². The topological polar surface area (TPSA) is 87.5 Å². The molecule has 160 valence electrons. The third-order valence-corrected chi connectivity index (χ3v) is 5.07. The molecule has 2 aromatic rings. The Bertz CT molecular complexity index is 925. The second-order valence-corrected chi connectivity index (χ2v) is 8.48. The van der Waals surface area contributed by atoms with Gasteiger partial charge in [0.15, 0.2) is 5.78 Å². The maximum Gasteiger partial charge on any atom is 0.229 e. The van der Waals surface area contributed by atoms with Gasteiger partial charge in [-0.15, -0.1) is 12.4 Å². The fourth-order valence-corrected chi connectivity index (χ4v) is 3.06. The molecule has 0 amide bonds. The van der Waals surface area contributed by atoms with Crippen molar-refractivity contribution in [3.8, 4) is 0 Å². The van der Waals surface area contributed by atoms with Crippen molar-refractivity contribution < 1.29 is 13.2 Å². The summed E-state index contributed by atoms with van der Waals surface area (Å²) in [5.74, 6) is 1.05. The van der Waals surface area contributed by atoms with Crippen molar-refractivity contribution in [1.29, 1.82) is 0 Å². The van der Waals surface area contributed by atoms with E-state index in [0.29, 0.717) is 17.8 Å². The molecule has 10 heteroatoms. The van der Waals surface area contributed by atoms with Crippen LogP contribution in [0.15, 0.2) is 49.1 Å². The van der Waals surface area contributed by atoms with Crippen molar-refractivity contribution in [3.05, 3.63) is 60.4 Å². The van der Waals surface area contributed by atoms with E-state index in [1.54, 1.807) is 30.5 Å². The van der Waals surface area contributed by atoms with E-state index in [-0.39, 0.29) is 24.4 Å². The van der Waals surface area contributed by atoms with Crippen LogP contribution in [0.1, 0.15) is 23.1 Å². The molecule has 1 unspecified atom stereocenters. The molecule has 2 heterocycles. The largest absolute Gasteiger partial charge is 0.359 e. The smallest absolute Gasteiger partial charge is 0.229 e. The molecular formula is C19H28ClN5O3S. The predicted molar refractivity (Wildman–Crippen MR) is 118 cm³/mol. The SMILES string of the molecule is CC1N(C)C=CN1CC(=O)c1ccc(NS(C)(=O)=O)cc1.Cc1nccn1C.Cl. The van der Waals surface area contributed by atoms with E-state index in [0.717, 1.165) is 12.1 Å². The fraction of sp³-hybridized carbons (Fsp3) is 0.368. The number of benzene rings is 1. The van der Waals surface area contributed by atoms with Gasteiger partial charge in [0.05, 0.1) is 19.0 Å². The highest BCUT2D eigenvalue weighted by atomic mass is 35.5. The van der Waals surface area contributed by atoms with Crippen LogP contribution in [0, 0.1) is 6.92 Å². The van der Waals surface area contributed by atoms with E-state index < -0.39 is 10.0 Å². The molecule has 0 saturated carbocycles. The van der Waals surface area contributed by atoms with Crippen LogP contribution in [-0.2, 0) is 17.1 Å². The number of aryl methyl sites for hydroxylation is 2. The lowest BCUT2D eigenvalue weighted by molar-refractivity contribution is 0.0912. The number of ketones is 1. The number of Topliss-reactive ketones (excluding diaryl/α,β-unsaturated/α-hetero) is 1. The van der Waals surface area contributed by atoms with Gasteiger partial charge in [-0.3, -0.25) is 9.52 Å². The van der Waals surface area contributed by atoms with E-state index in [4.69, 9.17) is 0 Å². The molecule has 8 nitrogen and oxygen atoms in total. The Hall–Kier alpha value is -2.52. The Kier molecular flexibility index (Phi) is 8.72. The Balaban J connectivity index is 0.000000445. The number of rotatable bonds is 5. The first kappa shape index (κ1) is 24.5. The highest BCUT2D eigenvalue weighted by Crippen LogP contribution is 2.16. The molecule has 1 aromatic heterocycles. The van der Waals surface area contributed by atoms with E-state index in [1.807, 2.05) is 60.9 Å². The highest BCUT2D eigenvalue weighted by molar-refractivity contribution is 7.92. The average molecular weight is 442 g/mol. The average Bonchev–Trinajstić information content (AvgIpc) is 3.14. The molecule has 0 bridgehead atoms. The quantitative estimate of drug-likeness (QED) is 0.717. The van der Waals surface area contributed by atoms with E-state index in [9.17, 15) is 13.2 Å². The number of hydrogen-bond donors (Lipinski definition) is 1. The van der Waals surface area contributed by atoms with Gasteiger partial charge >= 0.3 is 0 Å². The summed E-state index contributed by atoms with van der Waals surface area (Å²) in [5, 5.41) is 0. The maximum absolute atomic E-state index is 12.2. The summed E-state index contributed by atoms with van der Waals surface area (Å²) in [6, 6.07) is 6.43. The lowest BCUT2D eigenvalue weighted by Gasteiger charge is -2.26. The molecule has 0 saturated heterocycles. The second-order valence-electron chi connectivity index (χ2n) is 6.73. The molecular weight excluding hydrogens is 414 g/mol. The third kappa shape index (κ3) is 7.43. The summed E-state index contributed by atoms with van der Waals surface area (Å²) in [5.41, 5.74) is 1.01. The number of hydrogen-bond acceptors (Lipinski definition) is 6. The zero-order chi connectivity index (χ0) is 20.9. The Morgan fingerprint density at radius 3 is 2.17 bits per heavy atom. The molecule has 3 rings (SSSR count). The van der Waals surface area contributed by atoms with Gasteiger partial charge in [-0.2, -0.15) is 0 Å². The minimum absolute atomic E-state index is 0. The van der Waals surface area contributed by atoms with Crippen molar-refractivity contribution in [2.24, 2.45) is 7.05 Å². The molecule has 1 N–H and O–H groups in total. The number of nitrogens with zero attached hydrogens (tertiary/aromatic N) is 4. The summed E-state index contributed by atoms with van der Waals surface area (Å²) in [7, 11) is 0.630. The van der Waals surface area contributed by atoms with Gasteiger partial charge < -0.3 is 14.4 Å². The van der Waals surface area contributed by atoms with Crippen LogP contribution >= 0.6 is 12.4 Å². The molecule has 29 heavy (non-hydrogen) atoms. The minimum atomic E-state index is -3.30. The first-order valence-corrected chi connectivity index (χ1v) is 10.7. The fourth-order valence-electron chi connectivity index (χ4n) is 2.49. The van der Waals surface area contributed by atoms with E-state index >= 15 is 0 Å². The number of anilines is 1. The van der Waals surface area contributed by atoms with Crippen molar-refractivity contribution >= 4 is 33.9 Å². The monoisotopic (exact) mass is 441 g/mol. The predicted octanol–water partition coefficient (Wildman–Crippen LogP) is 2.46. The first-order chi connectivity index (χ1) is 13.1. The number of halogens is 1. The van der Waals surface area contributed by atoms with Crippen molar-refractivity contribution in [2.45, 2.75) is 20.0 Å². The van der Waals surface area contributed by atoms with Gasteiger partial charge in [0, 0.05) is 50.1 Å². The van der Waals surface area contributed by atoms with Crippen LogP contribution in [0.2, 0.25) is 0 Å². The van der Waals surface area contributed by atoms with Gasteiger partial charge in [-0.05, 0) is 38.1 Å². The minimum Gasteiger partial charge on any atom is -0.359 e. The molecule has 1 aromatic carbocycles. The summed E-state index contributed by atoms with van der Waals surface area (Å²) in [6.45, 7) is 4.28. The van der Waals surface area contributed by atoms with Gasteiger partial charge in [0.25, 0.3) is 0 Å². The standard InChI is InChI=1S/C14H19N3O3S.C5H8N2.ClH/c1-11-16(2)8-9-17(11)10-14(18)12-4-6-13(7-5-12)15-21(3,19)20;1-5-6-3-4-7(5)2;/h4-9,11,15H,10H2,1-3H3;3-4H,1-2H3;1H. The second kappa shape index (κ2) is 10.3. The number of nitrogens with one attached hydrogen (secondary N) is 1. The van der Waals surface area contributed by atoms with Crippen LogP contribution in [0.3, 0.4) is 0 Å². The third-order valence-electron chi connectivity index (χ3n) is 4.46. The molecule has 0 radical (unpaired) electrons. The number of sulfonamides is 1. The van der Waals surface area contributed by atoms with Crippen molar-refractivity contribution in [2.75, 3.05) is 24.6 Å². The van der Waals surface area contributed by atoms with Crippen LogP contribution in [0.25, 0.3) is 0 Å². The summed E-state index contributed by atoms with van der Waals surface area (Å²) in [4.78, 5) is 20.2. The van der Waals surface area contributed by atoms with Crippen LogP contribution < -0.4 is 4.72 Å². The molecule has 1 aliphatic heterocycles. The Morgan fingerprint density at radius 2 is 1.79 bits per heavy atom. The summed E-state index contributed by atoms with van der Waals surface area (Å²) >= 11 is 0. The van der Waals surface area contributed by atoms with Gasteiger partial charge in [-0.25, -0.2) is 13.4 Å².